The van der Waals surface area contributed by atoms with Crippen LogP contribution in [0.25, 0.3) is 0 Å². The van der Waals surface area contributed by atoms with E-state index in [0.29, 0.717) is 32.2 Å². The normalized spacial score (nSPS) is 28.7. The Morgan fingerprint density at radius 2 is 1.93 bits per heavy atom. The Hall–Kier alpha value is -2.93. The summed E-state index contributed by atoms with van der Waals surface area (Å²) in [6, 6.07) is 1.28. The second-order valence-corrected chi connectivity index (χ2v) is 14.4. The molecule has 1 aromatic rings. The number of alkyl carbamates (subject to hydrolysis) is 1. The average Bonchev–Trinajstić information content (AvgIpc) is 3.25. The predicted molar refractivity (Wildman–Crippen MR) is 149 cm³/mol. The fraction of sp³-hybridized carbons (Fsp3) is 0.630. The number of hydrogen-bond acceptors (Lipinski definition) is 8. The molecule has 220 valence electrons. The topological polar surface area (TPSA) is 151 Å². The lowest BCUT2D eigenvalue weighted by Gasteiger charge is -2.30. The molecule has 0 radical (unpaired) electrons. The number of sulfonamides is 1. The molecule has 13 heteroatoms. The van der Waals surface area contributed by atoms with Gasteiger partial charge >= 0.3 is 6.09 Å². The highest BCUT2D eigenvalue weighted by molar-refractivity contribution is 7.92. The van der Waals surface area contributed by atoms with Crippen molar-refractivity contribution < 1.29 is 32.3 Å². The first-order valence-corrected chi connectivity index (χ1v) is 16.1. The molecule has 1 aromatic heterocycles. The number of carbonyl (C=O) groups excluding carboxylic acids is 4. The second-order valence-electron chi connectivity index (χ2n) is 11.6. The molecular weight excluding hydrogens is 556 g/mol. The van der Waals surface area contributed by atoms with Gasteiger partial charge in [-0.15, -0.1) is 11.3 Å². The van der Waals surface area contributed by atoms with Gasteiger partial charge < -0.3 is 20.3 Å². The highest BCUT2D eigenvalue weighted by Gasteiger charge is 2.61. The maximum atomic E-state index is 13.6. The zero-order valence-electron chi connectivity index (χ0n) is 23.1. The number of rotatable bonds is 4. The molecule has 0 aromatic carbocycles. The lowest BCUT2D eigenvalue weighted by atomic mass is 10.0. The van der Waals surface area contributed by atoms with Crippen LogP contribution in [0.4, 0.5) is 4.79 Å². The Balaban J connectivity index is 1.55. The molecule has 3 N–H and O–H groups in total. The Labute approximate surface area is 239 Å². The summed E-state index contributed by atoms with van der Waals surface area (Å²) in [7, 11) is -4.09. The van der Waals surface area contributed by atoms with Gasteiger partial charge in [-0.1, -0.05) is 31.1 Å². The highest BCUT2D eigenvalue weighted by atomic mass is 32.2. The van der Waals surface area contributed by atoms with Crippen molar-refractivity contribution in [2.45, 2.75) is 99.6 Å². The lowest BCUT2D eigenvalue weighted by Crippen LogP contribution is -2.58. The number of ether oxygens (including phenoxy) is 1. The van der Waals surface area contributed by atoms with Crippen molar-refractivity contribution in [3.8, 4) is 0 Å². The van der Waals surface area contributed by atoms with E-state index >= 15 is 0 Å². The fourth-order valence-electron chi connectivity index (χ4n) is 5.22. The summed E-state index contributed by atoms with van der Waals surface area (Å²) in [6.07, 6.45) is 7.82. The monoisotopic (exact) mass is 594 g/mol. The van der Waals surface area contributed by atoms with Crippen LogP contribution < -0.4 is 15.4 Å². The van der Waals surface area contributed by atoms with E-state index in [4.69, 9.17) is 4.74 Å². The SMILES string of the molecule is CC(C)(C)OC(=O)N[C@H]1CCCCC/C=C\[C@H]2C[C@@]2(C(=O)NS(=O)(=O)c2cccs2)NC(=O)[C@@H]2CCCN2C1=O. The number of fused-ring (bicyclic) bond motifs is 2. The molecule has 0 spiro atoms. The van der Waals surface area contributed by atoms with Gasteiger partial charge in [0.2, 0.25) is 11.8 Å². The molecule has 1 saturated heterocycles. The molecule has 11 nitrogen and oxygen atoms in total. The van der Waals surface area contributed by atoms with Crippen molar-refractivity contribution in [2.75, 3.05) is 6.54 Å². The first kappa shape index (κ1) is 30.0. The van der Waals surface area contributed by atoms with Crippen molar-refractivity contribution in [1.82, 2.24) is 20.3 Å². The van der Waals surface area contributed by atoms with Crippen LogP contribution in [0.1, 0.15) is 72.1 Å². The lowest BCUT2D eigenvalue weighted by molar-refractivity contribution is -0.141. The van der Waals surface area contributed by atoms with Crippen LogP contribution in [0.5, 0.6) is 0 Å². The number of hydrogen-bond donors (Lipinski definition) is 3. The summed E-state index contributed by atoms with van der Waals surface area (Å²) >= 11 is 0.989. The fourth-order valence-corrected chi connectivity index (χ4v) is 7.25. The third-order valence-corrected chi connectivity index (χ3v) is 10.0. The molecule has 0 bridgehead atoms. The molecule has 40 heavy (non-hydrogen) atoms. The summed E-state index contributed by atoms with van der Waals surface area (Å²) in [4.78, 5) is 54.6. The maximum Gasteiger partial charge on any atom is 0.408 e. The van der Waals surface area contributed by atoms with Crippen LogP contribution in [0.15, 0.2) is 33.9 Å². The Morgan fingerprint density at radius 3 is 2.62 bits per heavy atom. The van der Waals surface area contributed by atoms with Gasteiger partial charge in [0.25, 0.3) is 15.9 Å². The summed E-state index contributed by atoms with van der Waals surface area (Å²) in [5, 5.41) is 7.11. The summed E-state index contributed by atoms with van der Waals surface area (Å²) in [6.45, 7) is 5.55. The van der Waals surface area contributed by atoms with E-state index in [2.05, 4.69) is 15.4 Å². The molecule has 3 heterocycles. The Kier molecular flexibility index (Phi) is 8.93. The number of carbonyl (C=O) groups is 4. The Bertz CT molecular complexity index is 1260. The summed E-state index contributed by atoms with van der Waals surface area (Å²) < 4.78 is 33.1. The number of nitrogens with zero attached hydrogens (tertiary/aromatic N) is 1. The molecule has 4 amide bonds. The quantitative estimate of drug-likeness (QED) is 0.454. The van der Waals surface area contributed by atoms with Gasteiger partial charge in [0.1, 0.15) is 27.4 Å². The Morgan fingerprint density at radius 1 is 1.15 bits per heavy atom. The van der Waals surface area contributed by atoms with E-state index in [0.717, 1.165) is 30.6 Å². The molecule has 4 rings (SSSR count). The zero-order valence-corrected chi connectivity index (χ0v) is 24.7. The largest absolute Gasteiger partial charge is 0.444 e. The predicted octanol–water partition coefficient (Wildman–Crippen LogP) is 2.83. The van der Waals surface area contributed by atoms with Crippen LogP contribution >= 0.6 is 11.3 Å². The zero-order chi connectivity index (χ0) is 29.1. The maximum absolute atomic E-state index is 13.6. The number of amides is 4. The molecule has 4 atom stereocenters. The van der Waals surface area contributed by atoms with Crippen molar-refractivity contribution in [3.05, 3.63) is 29.7 Å². The van der Waals surface area contributed by atoms with Crippen molar-refractivity contribution >= 4 is 45.2 Å². The van der Waals surface area contributed by atoms with Gasteiger partial charge in [0.15, 0.2) is 0 Å². The first-order valence-electron chi connectivity index (χ1n) is 13.7. The minimum atomic E-state index is -4.09. The van der Waals surface area contributed by atoms with Crippen molar-refractivity contribution in [3.63, 3.8) is 0 Å². The van der Waals surface area contributed by atoms with Gasteiger partial charge in [0, 0.05) is 12.5 Å². The first-order chi connectivity index (χ1) is 18.8. The third-order valence-electron chi connectivity index (χ3n) is 7.31. The van der Waals surface area contributed by atoms with Gasteiger partial charge in [-0.25, -0.2) is 17.9 Å². The summed E-state index contributed by atoms with van der Waals surface area (Å²) in [5.74, 6) is -2.06. The molecule has 0 unspecified atom stereocenters. The van der Waals surface area contributed by atoms with Crippen LogP contribution in [0, 0.1) is 5.92 Å². The molecule has 1 aliphatic carbocycles. The van der Waals surface area contributed by atoms with Crippen LogP contribution in [0.2, 0.25) is 0 Å². The number of nitrogens with one attached hydrogen (secondary N) is 3. The van der Waals surface area contributed by atoms with Gasteiger partial charge in [-0.3, -0.25) is 14.4 Å². The minimum absolute atomic E-state index is 0.00422. The second kappa shape index (κ2) is 11.9. The van der Waals surface area contributed by atoms with E-state index in [1.165, 1.54) is 11.0 Å². The van der Waals surface area contributed by atoms with Gasteiger partial charge in [0.05, 0.1) is 0 Å². The number of thiophene rings is 1. The van der Waals surface area contributed by atoms with E-state index in [1.54, 1.807) is 32.2 Å². The van der Waals surface area contributed by atoms with Gasteiger partial charge in [-0.2, -0.15) is 0 Å². The van der Waals surface area contributed by atoms with Gasteiger partial charge in [-0.05, 0) is 70.7 Å². The smallest absolute Gasteiger partial charge is 0.408 e. The molecular formula is C27H38N4O7S2. The van der Waals surface area contributed by atoms with E-state index in [-0.39, 0.29) is 22.5 Å². The van der Waals surface area contributed by atoms with Crippen molar-refractivity contribution in [1.29, 1.82) is 0 Å². The molecule has 2 aliphatic heterocycles. The standard InChI is InChI=1S/C27H38N4O7S2/c1-26(2,3)38-25(35)28-19-12-8-6-4-5-7-11-18-17-27(18,24(34)30-40(36,37)21-14-10-16-39-21)29-22(32)20-13-9-15-31(20)23(19)33/h7,10-11,14,16,18-20H,4-6,8-9,12-13,15,17H2,1-3H3,(H,28,35)(H,29,32)(H,30,34)/b11-7-/t18-,19-,20-,27+/m0/s1. The van der Waals surface area contributed by atoms with Crippen LogP contribution in [0.3, 0.4) is 0 Å². The van der Waals surface area contributed by atoms with Crippen molar-refractivity contribution in [2.24, 2.45) is 5.92 Å². The molecule has 2 fully saturated rings. The van der Waals surface area contributed by atoms with Crippen LogP contribution in [-0.4, -0.2) is 66.9 Å². The third kappa shape index (κ3) is 7.03. The van der Waals surface area contributed by atoms with E-state index in [1.807, 2.05) is 12.2 Å². The van der Waals surface area contributed by atoms with E-state index < -0.39 is 51.2 Å². The number of allylic oxidation sites excluding steroid dienone is 1. The molecule has 3 aliphatic rings. The van der Waals surface area contributed by atoms with E-state index in [9.17, 15) is 27.6 Å². The minimum Gasteiger partial charge on any atom is -0.444 e. The molecule has 1 saturated carbocycles. The summed E-state index contributed by atoms with van der Waals surface area (Å²) in [5.41, 5.74) is -2.16. The highest BCUT2D eigenvalue weighted by Crippen LogP contribution is 2.46. The average molecular weight is 595 g/mol. The van der Waals surface area contributed by atoms with Crippen LogP contribution in [-0.2, 0) is 29.1 Å².